The van der Waals surface area contributed by atoms with Crippen LogP contribution in [0.25, 0.3) is 0 Å². The Bertz CT molecular complexity index is 225. The fourth-order valence-corrected chi connectivity index (χ4v) is 2.16. The summed E-state index contributed by atoms with van der Waals surface area (Å²) in [5, 5.41) is 0. The minimum Gasteiger partial charge on any atom is -0.0864 e. The first-order valence-corrected chi connectivity index (χ1v) is 5.89. The lowest BCUT2D eigenvalue weighted by atomic mass is 9.98. The van der Waals surface area contributed by atoms with Crippen molar-refractivity contribution >= 4 is 22.6 Å². The van der Waals surface area contributed by atoms with Crippen molar-refractivity contribution in [3.8, 4) is 0 Å². The topological polar surface area (TPSA) is 0 Å². The third-order valence-electron chi connectivity index (χ3n) is 2.19. The Labute approximate surface area is 88.5 Å². The highest BCUT2D eigenvalue weighted by atomic mass is 127. The van der Waals surface area contributed by atoms with E-state index < -0.39 is 0 Å². The van der Waals surface area contributed by atoms with Gasteiger partial charge in [-0.25, -0.2) is 0 Å². The summed E-state index contributed by atoms with van der Waals surface area (Å²) in [6.45, 7) is 4.43. The molecule has 1 aromatic rings. The van der Waals surface area contributed by atoms with Crippen molar-refractivity contribution in [3.63, 3.8) is 0 Å². The van der Waals surface area contributed by atoms with Crippen molar-refractivity contribution in [1.29, 1.82) is 0 Å². The predicted molar refractivity (Wildman–Crippen MR) is 63.1 cm³/mol. The van der Waals surface area contributed by atoms with Gasteiger partial charge in [-0.05, 0) is 24.8 Å². The Hall–Kier alpha value is -0.0500. The van der Waals surface area contributed by atoms with E-state index in [2.05, 4.69) is 60.7 Å². The molecular formula is C11H15I. The van der Waals surface area contributed by atoms with Crippen LogP contribution < -0.4 is 0 Å². The first-order chi connectivity index (χ1) is 5.74. The van der Waals surface area contributed by atoms with Crippen molar-refractivity contribution in [3.05, 3.63) is 35.4 Å². The molecule has 0 spiro atoms. The summed E-state index contributed by atoms with van der Waals surface area (Å²) in [5.41, 5.74) is 2.82. The van der Waals surface area contributed by atoms with Gasteiger partial charge in [0.25, 0.3) is 0 Å². The molecule has 0 saturated carbocycles. The van der Waals surface area contributed by atoms with Gasteiger partial charge in [-0.15, -0.1) is 0 Å². The number of halogens is 1. The van der Waals surface area contributed by atoms with Gasteiger partial charge in [0.05, 0.1) is 0 Å². The Morgan fingerprint density at radius 1 is 1.25 bits per heavy atom. The fraction of sp³-hybridized carbons (Fsp3) is 0.455. The first-order valence-electron chi connectivity index (χ1n) is 4.36. The molecule has 0 bridgehead atoms. The van der Waals surface area contributed by atoms with Crippen LogP contribution in [-0.4, -0.2) is 4.43 Å². The van der Waals surface area contributed by atoms with Crippen molar-refractivity contribution < 1.29 is 0 Å². The van der Waals surface area contributed by atoms with E-state index in [0.717, 1.165) is 0 Å². The second-order valence-corrected chi connectivity index (χ2v) is 4.37. The maximum absolute atomic E-state index is 2.44. The van der Waals surface area contributed by atoms with Crippen LogP contribution in [0.5, 0.6) is 0 Å². The summed E-state index contributed by atoms with van der Waals surface area (Å²) < 4.78 is 1.24. The van der Waals surface area contributed by atoms with E-state index in [1.165, 1.54) is 22.0 Å². The van der Waals surface area contributed by atoms with Crippen LogP contribution in [0.15, 0.2) is 24.3 Å². The van der Waals surface area contributed by atoms with Crippen LogP contribution in [0.4, 0.5) is 0 Å². The van der Waals surface area contributed by atoms with Gasteiger partial charge >= 0.3 is 0 Å². The number of benzene rings is 1. The average molecular weight is 274 g/mol. The molecule has 1 heteroatoms. The Morgan fingerprint density at radius 2 is 1.83 bits per heavy atom. The highest BCUT2D eigenvalue weighted by Crippen LogP contribution is 2.19. The number of hydrogen-bond acceptors (Lipinski definition) is 0. The fourth-order valence-electron chi connectivity index (χ4n) is 1.23. The smallest absolute Gasteiger partial charge is 0.0000988 e. The lowest BCUT2D eigenvalue weighted by Gasteiger charge is -2.09. The first kappa shape index (κ1) is 10.0. The normalized spacial score (nSPS) is 12.9. The van der Waals surface area contributed by atoms with Crippen LogP contribution in [0, 0.1) is 6.92 Å². The van der Waals surface area contributed by atoms with E-state index in [9.17, 15) is 0 Å². The SMILES string of the molecule is Cc1ccc([C@H](C)CCI)cc1. The molecule has 0 fully saturated rings. The Kier molecular flexibility index (Phi) is 4.06. The van der Waals surface area contributed by atoms with E-state index in [1.54, 1.807) is 0 Å². The minimum absolute atomic E-state index is 0.711. The lowest BCUT2D eigenvalue weighted by Crippen LogP contribution is -1.93. The zero-order valence-corrected chi connectivity index (χ0v) is 9.84. The summed E-state index contributed by atoms with van der Waals surface area (Å²) >= 11 is 2.44. The molecule has 0 heterocycles. The number of hydrogen-bond donors (Lipinski definition) is 0. The molecule has 0 aliphatic rings. The molecule has 0 N–H and O–H groups in total. The third-order valence-corrected chi connectivity index (χ3v) is 2.81. The van der Waals surface area contributed by atoms with Gasteiger partial charge in [0.1, 0.15) is 0 Å². The zero-order chi connectivity index (χ0) is 8.97. The molecule has 1 aromatic carbocycles. The highest BCUT2D eigenvalue weighted by Gasteiger charge is 2.02. The van der Waals surface area contributed by atoms with Gasteiger partial charge in [-0.3, -0.25) is 0 Å². The van der Waals surface area contributed by atoms with Crippen molar-refractivity contribution in [2.75, 3.05) is 4.43 Å². The van der Waals surface area contributed by atoms with Gasteiger partial charge < -0.3 is 0 Å². The maximum atomic E-state index is 2.44. The summed E-state index contributed by atoms with van der Waals surface area (Å²) in [5.74, 6) is 0.711. The summed E-state index contributed by atoms with van der Waals surface area (Å²) in [7, 11) is 0. The molecule has 12 heavy (non-hydrogen) atoms. The summed E-state index contributed by atoms with van der Waals surface area (Å²) in [6, 6.07) is 8.87. The minimum atomic E-state index is 0.711. The van der Waals surface area contributed by atoms with Crippen LogP contribution >= 0.6 is 22.6 Å². The molecule has 1 atom stereocenters. The molecule has 0 aromatic heterocycles. The van der Waals surface area contributed by atoms with Gasteiger partial charge in [0, 0.05) is 4.43 Å². The highest BCUT2D eigenvalue weighted by molar-refractivity contribution is 14.1. The standard InChI is InChI=1S/C11H15I/c1-9-3-5-11(6-4-9)10(2)7-8-12/h3-6,10H,7-8H2,1-2H3/t10-/m1/s1. The molecular weight excluding hydrogens is 259 g/mol. The number of alkyl halides is 1. The van der Waals surface area contributed by atoms with Crippen LogP contribution in [0.3, 0.4) is 0 Å². The number of aryl methyl sites for hydroxylation is 1. The van der Waals surface area contributed by atoms with E-state index in [4.69, 9.17) is 0 Å². The second-order valence-electron chi connectivity index (χ2n) is 3.29. The van der Waals surface area contributed by atoms with E-state index in [-0.39, 0.29) is 0 Å². The molecule has 0 amide bonds. The molecule has 0 unspecified atom stereocenters. The molecule has 0 saturated heterocycles. The second kappa shape index (κ2) is 4.85. The van der Waals surface area contributed by atoms with Crippen molar-refractivity contribution in [2.45, 2.75) is 26.2 Å². The van der Waals surface area contributed by atoms with E-state index in [1.807, 2.05) is 0 Å². The average Bonchev–Trinajstić information content (AvgIpc) is 2.06. The molecule has 0 radical (unpaired) electrons. The summed E-state index contributed by atoms with van der Waals surface area (Å²) in [6.07, 6.45) is 1.28. The van der Waals surface area contributed by atoms with Crippen molar-refractivity contribution in [1.82, 2.24) is 0 Å². The van der Waals surface area contributed by atoms with Gasteiger partial charge in [-0.2, -0.15) is 0 Å². The Balaban J connectivity index is 2.68. The Morgan fingerprint density at radius 3 is 2.33 bits per heavy atom. The zero-order valence-electron chi connectivity index (χ0n) is 7.68. The molecule has 0 aliphatic heterocycles. The molecule has 0 nitrogen and oxygen atoms in total. The molecule has 66 valence electrons. The quantitative estimate of drug-likeness (QED) is 0.579. The van der Waals surface area contributed by atoms with E-state index in [0.29, 0.717) is 5.92 Å². The van der Waals surface area contributed by atoms with Crippen LogP contribution in [-0.2, 0) is 0 Å². The van der Waals surface area contributed by atoms with E-state index >= 15 is 0 Å². The van der Waals surface area contributed by atoms with Crippen LogP contribution in [0.2, 0.25) is 0 Å². The molecule has 0 aliphatic carbocycles. The molecule has 1 rings (SSSR count). The maximum Gasteiger partial charge on any atom is 0.0000988 e. The van der Waals surface area contributed by atoms with Gasteiger partial charge in [0.2, 0.25) is 0 Å². The monoisotopic (exact) mass is 274 g/mol. The summed E-state index contributed by atoms with van der Waals surface area (Å²) in [4.78, 5) is 0. The number of rotatable bonds is 3. The predicted octanol–water partition coefficient (Wildman–Crippen LogP) is 3.92. The largest absolute Gasteiger partial charge is 0.0864 e. The van der Waals surface area contributed by atoms with Crippen LogP contribution in [0.1, 0.15) is 30.4 Å². The van der Waals surface area contributed by atoms with Gasteiger partial charge in [0.15, 0.2) is 0 Å². The van der Waals surface area contributed by atoms with Crippen molar-refractivity contribution in [2.24, 2.45) is 0 Å². The van der Waals surface area contributed by atoms with Gasteiger partial charge in [-0.1, -0.05) is 59.3 Å². The lowest BCUT2D eigenvalue weighted by molar-refractivity contribution is 0.747. The third kappa shape index (κ3) is 2.77.